The van der Waals surface area contributed by atoms with E-state index in [0.717, 1.165) is 19.3 Å². The number of unbranched alkanes of at least 4 members (excludes halogenated alkanes) is 11. The molecule has 0 spiro atoms. The number of hydrogen-bond acceptors (Lipinski definition) is 4. The van der Waals surface area contributed by atoms with Crippen LogP contribution in [0.4, 0.5) is 0 Å². The van der Waals surface area contributed by atoms with Crippen molar-refractivity contribution in [1.82, 2.24) is 0 Å². The van der Waals surface area contributed by atoms with Crippen molar-refractivity contribution in [2.75, 3.05) is 13.2 Å². The zero-order chi connectivity index (χ0) is 21.2. The SMILES string of the molecule is CCCCCCCCCCCCCCOC(=O)c1ccc(C(=O)OCCC)cc1. The Labute approximate surface area is 177 Å². The van der Waals surface area contributed by atoms with Gasteiger partial charge in [0, 0.05) is 0 Å². The molecule has 0 unspecified atom stereocenters. The second-order valence-corrected chi connectivity index (χ2v) is 7.74. The summed E-state index contributed by atoms with van der Waals surface area (Å²) >= 11 is 0. The first-order chi connectivity index (χ1) is 14.2. The van der Waals surface area contributed by atoms with Crippen LogP contribution in [-0.2, 0) is 9.47 Å². The van der Waals surface area contributed by atoms with Crippen molar-refractivity contribution in [2.45, 2.75) is 97.3 Å². The van der Waals surface area contributed by atoms with E-state index < -0.39 is 0 Å². The van der Waals surface area contributed by atoms with E-state index in [1.54, 1.807) is 24.3 Å². The maximum atomic E-state index is 12.1. The van der Waals surface area contributed by atoms with Gasteiger partial charge in [-0.3, -0.25) is 0 Å². The van der Waals surface area contributed by atoms with Crippen molar-refractivity contribution in [3.05, 3.63) is 35.4 Å². The largest absolute Gasteiger partial charge is 0.462 e. The van der Waals surface area contributed by atoms with Gasteiger partial charge < -0.3 is 9.47 Å². The average molecular weight is 405 g/mol. The van der Waals surface area contributed by atoms with Crippen molar-refractivity contribution >= 4 is 11.9 Å². The summed E-state index contributed by atoms with van der Waals surface area (Å²) in [5.41, 5.74) is 0.923. The van der Waals surface area contributed by atoms with Gasteiger partial charge in [0.25, 0.3) is 0 Å². The van der Waals surface area contributed by atoms with Gasteiger partial charge in [0.05, 0.1) is 24.3 Å². The van der Waals surface area contributed by atoms with Crippen LogP contribution < -0.4 is 0 Å². The Kier molecular flexibility index (Phi) is 14.8. The van der Waals surface area contributed by atoms with Crippen LogP contribution in [0.1, 0.15) is 118 Å². The number of ether oxygens (including phenoxy) is 2. The van der Waals surface area contributed by atoms with Crippen LogP contribution in [0.25, 0.3) is 0 Å². The Bertz CT molecular complexity index is 550. The summed E-state index contributed by atoms with van der Waals surface area (Å²) in [4.78, 5) is 23.8. The molecule has 0 amide bonds. The molecule has 0 radical (unpaired) electrons. The lowest BCUT2D eigenvalue weighted by atomic mass is 10.1. The lowest BCUT2D eigenvalue weighted by molar-refractivity contribution is 0.0486. The van der Waals surface area contributed by atoms with E-state index in [1.807, 2.05) is 6.92 Å². The molecule has 0 saturated carbocycles. The second kappa shape index (κ2) is 17.1. The lowest BCUT2D eigenvalue weighted by Gasteiger charge is -2.06. The van der Waals surface area contributed by atoms with Crippen molar-refractivity contribution in [2.24, 2.45) is 0 Å². The van der Waals surface area contributed by atoms with Gasteiger partial charge in [-0.1, -0.05) is 84.5 Å². The van der Waals surface area contributed by atoms with Crippen molar-refractivity contribution in [3.63, 3.8) is 0 Å². The molecule has 1 aromatic rings. The van der Waals surface area contributed by atoms with Crippen molar-refractivity contribution in [3.8, 4) is 0 Å². The Morgan fingerprint density at radius 2 is 0.931 bits per heavy atom. The highest BCUT2D eigenvalue weighted by Crippen LogP contribution is 2.12. The number of benzene rings is 1. The Morgan fingerprint density at radius 1 is 0.552 bits per heavy atom. The second-order valence-electron chi connectivity index (χ2n) is 7.74. The van der Waals surface area contributed by atoms with Gasteiger partial charge in [0.15, 0.2) is 0 Å². The summed E-state index contributed by atoms with van der Waals surface area (Å²) in [6, 6.07) is 6.46. The quantitative estimate of drug-likeness (QED) is 0.205. The predicted octanol–water partition coefficient (Wildman–Crippen LogP) is 7.11. The summed E-state index contributed by atoms with van der Waals surface area (Å²) in [7, 11) is 0. The standard InChI is InChI=1S/C25H40O4/c1-3-5-6-7-8-9-10-11-12-13-14-15-21-29-25(27)23-18-16-22(17-19-23)24(26)28-20-4-2/h16-19H,3-15,20-21H2,1-2H3. The van der Waals surface area contributed by atoms with Crippen LogP contribution in [-0.4, -0.2) is 25.2 Å². The minimum Gasteiger partial charge on any atom is -0.462 e. The van der Waals surface area contributed by atoms with Gasteiger partial charge in [0.2, 0.25) is 0 Å². The molecule has 0 heterocycles. The third-order valence-corrected chi connectivity index (χ3v) is 5.02. The molecule has 0 N–H and O–H groups in total. The van der Waals surface area contributed by atoms with Crippen LogP contribution in [0.3, 0.4) is 0 Å². The van der Waals surface area contributed by atoms with E-state index in [4.69, 9.17) is 9.47 Å². The molecule has 0 fully saturated rings. The number of rotatable bonds is 17. The normalized spacial score (nSPS) is 10.7. The van der Waals surface area contributed by atoms with Gasteiger partial charge in [-0.2, -0.15) is 0 Å². The molecular weight excluding hydrogens is 364 g/mol. The number of carbonyl (C=O) groups excluding carboxylic acids is 2. The van der Waals surface area contributed by atoms with Gasteiger partial charge in [-0.15, -0.1) is 0 Å². The smallest absolute Gasteiger partial charge is 0.338 e. The molecule has 0 aliphatic heterocycles. The van der Waals surface area contributed by atoms with Crippen LogP contribution in [0.15, 0.2) is 24.3 Å². The molecular formula is C25H40O4. The summed E-state index contributed by atoms with van der Waals surface area (Å²) in [6.45, 7) is 5.06. The number of carbonyl (C=O) groups is 2. The fourth-order valence-corrected chi connectivity index (χ4v) is 3.21. The van der Waals surface area contributed by atoms with Crippen LogP contribution in [0.5, 0.6) is 0 Å². The minimum atomic E-state index is -0.358. The molecule has 4 nitrogen and oxygen atoms in total. The van der Waals surface area contributed by atoms with E-state index in [2.05, 4.69) is 6.92 Å². The summed E-state index contributed by atoms with van der Waals surface area (Å²) < 4.78 is 10.4. The highest BCUT2D eigenvalue weighted by molar-refractivity contribution is 5.93. The average Bonchev–Trinajstić information content (AvgIpc) is 2.75. The topological polar surface area (TPSA) is 52.6 Å². The first kappa shape index (κ1) is 25.2. The summed E-state index contributed by atoms with van der Waals surface area (Å²) in [5.74, 6) is -0.690. The molecule has 0 aliphatic carbocycles. The molecule has 164 valence electrons. The number of hydrogen-bond donors (Lipinski definition) is 0. The summed E-state index contributed by atoms with van der Waals surface area (Å²) in [6.07, 6.45) is 16.2. The maximum Gasteiger partial charge on any atom is 0.338 e. The molecule has 4 heteroatoms. The fourth-order valence-electron chi connectivity index (χ4n) is 3.21. The maximum absolute atomic E-state index is 12.1. The minimum absolute atomic E-state index is 0.332. The third-order valence-electron chi connectivity index (χ3n) is 5.02. The number of esters is 2. The first-order valence-electron chi connectivity index (χ1n) is 11.6. The van der Waals surface area contributed by atoms with Gasteiger partial charge in [-0.05, 0) is 37.1 Å². The molecule has 0 bridgehead atoms. The Hall–Kier alpha value is -1.84. The first-order valence-corrected chi connectivity index (χ1v) is 11.6. The van der Waals surface area contributed by atoms with Crippen molar-refractivity contribution < 1.29 is 19.1 Å². The molecule has 0 aliphatic rings. The fraction of sp³-hybridized carbons (Fsp3) is 0.680. The van der Waals surface area contributed by atoms with E-state index in [9.17, 15) is 9.59 Å². The zero-order valence-electron chi connectivity index (χ0n) is 18.5. The zero-order valence-corrected chi connectivity index (χ0v) is 18.5. The molecule has 0 atom stereocenters. The molecule has 1 aromatic carbocycles. The van der Waals surface area contributed by atoms with Gasteiger partial charge in [-0.25, -0.2) is 9.59 Å². The molecule has 0 aromatic heterocycles. The van der Waals surface area contributed by atoms with Gasteiger partial charge >= 0.3 is 11.9 Å². The summed E-state index contributed by atoms with van der Waals surface area (Å²) in [5, 5.41) is 0. The Morgan fingerprint density at radius 3 is 1.34 bits per heavy atom. The van der Waals surface area contributed by atoms with Gasteiger partial charge in [0.1, 0.15) is 0 Å². The van der Waals surface area contributed by atoms with E-state index in [-0.39, 0.29) is 11.9 Å². The van der Waals surface area contributed by atoms with E-state index >= 15 is 0 Å². The predicted molar refractivity (Wildman–Crippen MR) is 118 cm³/mol. The van der Waals surface area contributed by atoms with E-state index in [0.29, 0.717) is 24.3 Å². The van der Waals surface area contributed by atoms with E-state index in [1.165, 1.54) is 64.2 Å². The third kappa shape index (κ3) is 12.4. The van der Waals surface area contributed by atoms with Crippen LogP contribution in [0, 0.1) is 0 Å². The molecule has 29 heavy (non-hydrogen) atoms. The molecule has 1 rings (SSSR count). The van der Waals surface area contributed by atoms with Crippen LogP contribution >= 0.6 is 0 Å². The Balaban J connectivity index is 2.03. The monoisotopic (exact) mass is 404 g/mol. The highest BCUT2D eigenvalue weighted by Gasteiger charge is 2.10. The highest BCUT2D eigenvalue weighted by atomic mass is 16.5. The van der Waals surface area contributed by atoms with Crippen LogP contribution in [0.2, 0.25) is 0 Å². The lowest BCUT2D eigenvalue weighted by Crippen LogP contribution is -2.09. The van der Waals surface area contributed by atoms with Crippen molar-refractivity contribution in [1.29, 1.82) is 0 Å². The molecule has 0 saturated heterocycles.